The third-order valence-corrected chi connectivity index (χ3v) is 2.43. The quantitative estimate of drug-likeness (QED) is 0.750. The van der Waals surface area contributed by atoms with Crippen LogP contribution in [0.2, 0.25) is 5.02 Å². The van der Waals surface area contributed by atoms with E-state index in [1.54, 1.807) is 0 Å². The highest BCUT2D eigenvalue weighted by atomic mass is 35.5. The molecule has 2 rings (SSSR count). The lowest BCUT2D eigenvalue weighted by Crippen LogP contribution is -2.17. The van der Waals surface area contributed by atoms with E-state index in [-0.39, 0.29) is 28.0 Å². The first-order valence-corrected chi connectivity index (χ1v) is 5.70. The number of benzene rings is 1. The summed E-state index contributed by atoms with van der Waals surface area (Å²) in [6.07, 6.45) is -4.89. The monoisotopic (exact) mass is 320 g/mol. The third-order valence-electron chi connectivity index (χ3n) is 2.20. The smallest absolute Gasteiger partial charge is 0.403 e. The maximum Gasteiger partial charge on any atom is 0.573 e. The molecule has 0 spiro atoms. The van der Waals surface area contributed by atoms with Crippen molar-refractivity contribution < 1.29 is 17.9 Å². The predicted molar refractivity (Wildman–Crippen MR) is 69.7 cm³/mol. The maximum absolute atomic E-state index is 12.3. The summed E-state index contributed by atoms with van der Waals surface area (Å²) in [5.41, 5.74) is 10.8. The van der Waals surface area contributed by atoms with Crippen LogP contribution in [0.4, 0.5) is 36.2 Å². The van der Waals surface area contributed by atoms with Crippen LogP contribution in [0, 0.1) is 0 Å². The first-order valence-electron chi connectivity index (χ1n) is 5.32. The van der Waals surface area contributed by atoms with E-state index in [1.165, 1.54) is 12.1 Å². The van der Waals surface area contributed by atoms with E-state index in [0.717, 1.165) is 6.07 Å². The molecule has 2 aromatic rings. The summed E-state index contributed by atoms with van der Waals surface area (Å²) in [5.74, 6) is -0.605. The number of nitrogens with zero attached hydrogens (tertiary/aromatic N) is 3. The molecule has 21 heavy (non-hydrogen) atoms. The van der Waals surface area contributed by atoms with Gasteiger partial charge >= 0.3 is 6.36 Å². The molecule has 1 aromatic heterocycles. The Kier molecular flexibility index (Phi) is 3.89. The molecule has 0 radical (unpaired) electrons. The van der Waals surface area contributed by atoms with Crippen LogP contribution in [0.1, 0.15) is 0 Å². The number of anilines is 2. The minimum absolute atomic E-state index is 0.0166. The molecule has 112 valence electrons. The molecule has 0 bridgehead atoms. The van der Waals surface area contributed by atoms with E-state index in [0.29, 0.717) is 0 Å². The van der Waals surface area contributed by atoms with E-state index in [2.05, 4.69) is 25.2 Å². The van der Waals surface area contributed by atoms with Gasteiger partial charge in [0.15, 0.2) is 17.3 Å². The molecular weight excluding hydrogens is 313 g/mol. The van der Waals surface area contributed by atoms with Crippen molar-refractivity contribution >= 4 is 34.6 Å². The topological polar surface area (TPSA) is 115 Å². The Morgan fingerprint density at radius 3 is 2.52 bits per heavy atom. The van der Waals surface area contributed by atoms with Crippen LogP contribution in [0.25, 0.3) is 0 Å². The first kappa shape index (κ1) is 14.9. The van der Waals surface area contributed by atoms with Crippen molar-refractivity contribution in [3.05, 3.63) is 23.2 Å². The SMILES string of the molecule is Nc1n[nH]c(N)c1N=Nc1ccc(Cl)cc1OC(F)(F)F. The lowest BCUT2D eigenvalue weighted by atomic mass is 10.3. The van der Waals surface area contributed by atoms with Crippen molar-refractivity contribution in [2.45, 2.75) is 6.36 Å². The van der Waals surface area contributed by atoms with Gasteiger partial charge in [-0.25, -0.2) is 0 Å². The van der Waals surface area contributed by atoms with Crippen LogP contribution in [-0.2, 0) is 0 Å². The minimum Gasteiger partial charge on any atom is -0.403 e. The lowest BCUT2D eigenvalue weighted by molar-refractivity contribution is -0.274. The number of aromatic nitrogens is 2. The number of nitrogens with two attached hydrogens (primary N) is 2. The van der Waals surface area contributed by atoms with E-state index >= 15 is 0 Å². The summed E-state index contributed by atoms with van der Waals surface area (Å²) < 4.78 is 40.7. The van der Waals surface area contributed by atoms with Crippen molar-refractivity contribution in [3.8, 4) is 5.75 Å². The fraction of sp³-hybridized carbons (Fsp3) is 0.100. The van der Waals surface area contributed by atoms with Gasteiger partial charge in [-0.05, 0) is 12.1 Å². The Balaban J connectivity index is 2.36. The molecular formula is C10H8ClF3N6O. The predicted octanol–water partition coefficient (Wildman–Crippen LogP) is 3.54. The van der Waals surface area contributed by atoms with Gasteiger partial charge in [0, 0.05) is 11.1 Å². The van der Waals surface area contributed by atoms with Gasteiger partial charge in [0.2, 0.25) is 0 Å². The van der Waals surface area contributed by atoms with Crippen molar-refractivity contribution in [1.29, 1.82) is 0 Å². The Labute approximate surface area is 120 Å². The number of nitrogens with one attached hydrogen (secondary N) is 1. The van der Waals surface area contributed by atoms with Crippen LogP contribution in [0.5, 0.6) is 5.75 Å². The molecule has 0 atom stereocenters. The maximum atomic E-state index is 12.3. The number of azo groups is 1. The lowest BCUT2D eigenvalue weighted by Gasteiger charge is -2.10. The Hall–Kier alpha value is -2.49. The number of alkyl halides is 3. The molecule has 0 fully saturated rings. The molecule has 0 aliphatic heterocycles. The Morgan fingerprint density at radius 1 is 1.24 bits per heavy atom. The number of nitrogen functional groups attached to an aromatic ring is 2. The number of rotatable bonds is 3. The van der Waals surface area contributed by atoms with Gasteiger partial charge in [0.25, 0.3) is 0 Å². The zero-order valence-electron chi connectivity index (χ0n) is 10.1. The highest BCUT2D eigenvalue weighted by Gasteiger charge is 2.32. The third kappa shape index (κ3) is 3.75. The van der Waals surface area contributed by atoms with Gasteiger partial charge in [-0.15, -0.1) is 23.4 Å². The molecule has 0 amide bonds. The first-order chi connectivity index (χ1) is 9.76. The molecule has 0 saturated heterocycles. The zero-order valence-corrected chi connectivity index (χ0v) is 10.9. The van der Waals surface area contributed by atoms with Crippen molar-refractivity contribution in [2.75, 3.05) is 11.5 Å². The van der Waals surface area contributed by atoms with E-state index in [1.807, 2.05) is 0 Å². The average molecular weight is 321 g/mol. The fourth-order valence-electron chi connectivity index (χ4n) is 1.35. The molecule has 11 heteroatoms. The second kappa shape index (κ2) is 5.48. The zero-order chi connectivity index (χ0) is 15.6. The number of hydrogen-bond acceptors (Lipinski definition) is 6. The number of ether oxygens (including phenoxy) is 1. The molecule has 7 nitrogen and oxygen atoms in total. The van der Waals surface area contributed by atoms with Crippen LogP contribution >= 0.6 is 11.6 Å². The van der Waals surface area contributed by atoms with E-state index in [9.17, 15) is 13.2 Å². The fourth-order valence-corrected chi connectivity index (χ4v) is 1.51. The van der Waals surface area contributed by atoms with Gasteiger partial charge in [0.05, 0.1) is 0 Å². The largest absolute Gasteiger partial charge is 0.573 e. The van der Waals surface area contributed by atoms with Gasteiger partial charge in [-0.1, -0.05) is 11.6 Å². The second-order valence-corrected chi connectivity index (χ2v) is 4.17. The molecule has 1 heterocycles. The molecule has 1 aromatic carbocycles. The number of H-pyrrole nitrogens is 1. The number of hydrogen-bond donors (Lipinski definition) is 3. The summed E-state index contributed by atoms with van der Waals surface area (Å²) in [7, 11) is 0. The molecule has 5 N–H and O–H groups in total. The summed E-state index contributed by atoms with van der Waals surface area (Å²) in [6.45, 7) is 0. The Morgan fingerprint density at radius 2 is 1.95 bits per heavy atom. The van der Waals surface area contributed by atoms with Crippen LogP contribution in [0.3, 0.4) is 0 Å². The minimum atomic E-state index is -4.89. The normalized spacial score (nSPS) is 12.0. The summed E-state index contributed by atoms with van der Waals surface area (Å²) in [6, 6.07) is 3.51. The summed E-state index contributed by atoms with van der Waals surface area (Å²) in [5, 5.41) is 13.2. The van der Waals surface area contributed by atoms with Gasteiger partial charge < -0.3 is 16.2 Å². The van der Waals surface area contributed by atoms with E-state index < -0.39 is 12.1 Å². The molecule has 0 saturated carbocycles. The van der Waals surface area contributed by atoms with Gasteiger partial charge in [-0.2, -0.15) is 5.10 Å². The number of halogens is 4. The molecule has 0 unspecified atom stereocenters. The second-order valence-electron chi connectivity index (χ2n) is 3.73. The highest BCUT2D eigenvalue weighted by molar-refractivity contribution is 6.30. The van der Waals surface area contributed by atoms with Crippen LogP contribution in [0.15, 0.2) is 28.4 Å². The van der Waals surface area contributed by atoms with Gasteiger partial charge in [0.1, 0.15) is 11.5 Å². The van der Waals surface area contributed by atoms with Crippen molar-refractivity contribution in [2.24, 2.45) is 10.2 Å². The van der Waals surface area contributed by atoms with E-state index in [4.69, 9.17) is 23.1 Å². The molecule has 0 aliphatic rings. The summed E-state index contributed by atoms with van der Waals surface area (Å²) in [4.78, 5) is 0. The Bertz CT molecular complexity index is 664. The average Bonchev–Trinajstić information content (AvgIpc) is 2.67. The highest BCUT2D eigenvalue weighted by Crippen LogP contribution is 2.36. The van der Waals surface area contributed by atoms with Crippen molar-refractivity contribution in [3.63, 3.8) is 0 Å². The summed E-state index contributed by atoms with van der Waals surface area (Å²) >= 11 is 5.62. The van der Waals surface area contributed by atoms with Crippen LogP contribution in [-0.4, -0.2) is 16.6 Å². The van der Waals surface area contributed by atoms with Gasteiger partial charge in [-0.3, -0.25) is 5.10 Å². The number of aromatic amines is 1. The van der Waals surface area contributed by atoms with Crippen molar-refractivity contribution in [1.82, 2.24) is 10.2 Å². The standard InChI is InChI=1S/C10H8ClF3N6O/c11-4-1-2-5(6(3-4)21-10(12,13)14)17-18-7-8(15)19-20-9(7)16/h1-3H,(H5,15,16,19,20). The van der Waals surface area contributed by atoms with Crippen LogP contribution < -0.4 is 16.2 Å². The molecule has 0 aliphatic carbocycles.